The van der Waals surface area contributed by atoms with E-state index < -0.39 is 0 Å². The number of nitrogens with one attached hydrogen (secondary N) is 1. The number of carbonyl (C=O) groups excluding carboxylic acids is 1. The van der Waals surface area contributed by atoms with Gasteiger partial charge in [0, 0.05) is 11.4 Å². The van der Waals surface area contributed by atoms with Gasteiger partial charge in [-0.05, 0) is 30.5 Å². The Bertz CT molecular complexity index is 449. The number of hydrogen-bond donors (Lipinski definition) is 1. The van der Waals surface area contributed by atoms with Crippen molar-refractivity contribution < 1.29 is 4.79 Å². The standard InChI is InChI=1S/C13H15ClN2O/c1-9(2)3-6-13(17)16-12-7-11(14)5-4-10(12)8-15/h4-5,7,9H,3,6H2,1-2H3,(H,16,17). The van der Waals surface area contributed by atoms with Crippen molar-refractivity contribution in [2.24, 2.45) is 5.92 Å². The van der Waals surface area contributed by atoms with Gasteiger partial charge in [0.2, 0.25) is 5.91 Å². The first-order valence-corrected chi connectivity index (χ1v) is 5.90. The summed E-state index contributed by atoms with van der Waals surface area (Å²) in [6, 6.07) is 6.84. The molecule has 0 radical (unpaired) electrons. The van der Waals surface area contributed by atoms with Crippen LogP contribution in [0.15, 0.2) is 18.2 Å². The Morgan fingerprint density at radius 3 is 2.82 bits per heavy atom. The zero-order chi connectivity index (χ0) is 12.8. The number of carbonyl (C=O) groups is 1. The van der Waals surface area contributed by atoms with Crippen molar-refractivity contribution >= 4 is 23.2 Å². The zero-order valence-corrected chi connectivity index (χ0v) is 10.7. The summed E-state index contributed by atoms with van der Waals surface area (Å²) in [5.41, 5.74) is 0.904. The highest BCUT2D eigenvalue weighted by Gasteiger charge is 2.08. The maximum absolute atomic E-state index is 11.6. The lowest BCUT2D eigenvalue weighted by molar-refractivity contribution is -0.116. The monoisotopic (exact) mass is 250 g/mol. The van der Waals surface area contributed by atoms with E-state index >= 15 is 0 Å². The molecule has 0 unspecified atom stereocenters. The number of nitrogens with zero attached hydrogens (tertiary/aromatic N) is 1. The predicted molar refractivity (Wildman–Crippen MR) is 68.9 cm³/mol. The zero-order valence-electron chi connectivity index (χ0n) is 9.96. The first-order chi connectivity index (χ1) is 8.02. The number of rotatable bonds is 4. The summed E-state index contributed by atoms with van der Waals surface area (Å²) in [5.74, 6) is 0.396. The highest BCUT2D eigenvalue weighted by molar-refractivity contribution is 6.31. The lowest BCUT2D eigenvalue weighted by Crippen LogP contribution is -2.13. The Kier molecular flexibility index (Phi) is 4.99. The van der Waals surface area contributed by atoms with Crippen molar-refractivity contribution in [2.45, 2.75) is 26.7 Å². The van der Waals surface area contributed by atoms with Gasteiger partial charge in [-0.2, -0.15) is 5.26 Å². The molecule has 0 aromatic heterocycles. The van der Waals surface area contributed by atoms with Crippen LogP contribution in [0, 0.1) is 17.2 Å². The third-order valence-corrected chi connectivity index (χ3v) is 2.56. The Morgan fingerprint density at radius 2 is 2.24 bits per heavy atom. The maximum atomic E-state index is 11.6. The van der Waals surface area contributed by atoms with E-state index in [0.29, 0.717) is 28.6 Å². The topological polar surface area (TPSA) is 52.9 Å². The molecule has 3 nitrogen and oxygen atoms in total. The molecule has 1 rings (SSSR count). The summed E-state index contributed by atoms with van der Waals surface area (Å²) >= 11 is 5.82. The molecule has 0 aliphatic heterocycles. The number of nitriles is 1. The molecule has 0 aliphatic rings. The third-order valence-electron chi connectivity index (χ3n) is 2.32. The molecule has 1 aromatic rings. The Balaban J connectivity index is 2.71. The summed E-state index contributed by atoms with van der Waals surface area (Å²) in [7, 11) is 0. The molecule has 0 saturated carbocycles. The van der Waals surface area contributed by atoms with Gasteiger partial charge in [-0.25, -0.2) is 0 Å². The summed E-state index contributed by atoms with van der Waals surface area (Å²) in [5, 5.41) is 12.1. The second-order valence-electron chi connectivity index (χ2n) is 4.28. The van der Waals surface area contributed by atoms with E-state index in [1.165, 1.54) is 0 Å². The normalized spacial score (nSPS) is 10.1. The predicted octanol–water partition coefficient (Wildman–Crippen LogP) is 3.59. The molecule has 0 aliphatic carbocycles. The van der Waals surface area contributed by atoms with Gasteiger partial charge in [0.15, 0.2) is 0 Å². The van der Waals surface area contributed by atoms with Crippen LogP contribution in [-0.4, -0.2) is 5.91 Å². The number of halogens is 1. The SMILES string of the molecule is CC(C)CCC(=O)Nc1cc(Cl)ccc1C#N. The van der Waals surface area contributed by atoms with Crippen LogP contribution in [0.1, 0.15) is 32.3 Å². The van der Waals surface area contributed by atoms with Gasteiger partial charge in [0.1, 0.15) is 6.07 Å². The van der Waals surface area contributed by atoms with E-state index in [0.717, 1.165) is 6.42 Å². The lowest BCUT2D eigenvalue weighted by atomic mass is 10.1. The molecule has 1 N–H and O–H groups in total. The Labute approximate surface area is 106 Å². The van der Waals surface area contributed by atoms with E-state index in [1.54, 1.807) is 18.2 Å². The van der Waals surface area contributed by atoms with Crippen LogP contribution in [-0.2, 0) is 4.79 Å². The van der Waals surface area contributed by atoms with Gasteiger partial charge in [-0.3, -0.25) is 4.79 Å². The molecule has 0 spiro atoms. The molecule has 1 amide bonds. The van der Waals surface area contributed by atoms with Crippen molar-refractivity contribution in [1.29, 1.82) is 5.26 Å². The van der Waals surface area contributed by atoms with Crippen LogP contribution in [0.4, 0.5) is 5.69 Å². The smallest absolute Gasteiger partial charge is 0.224 e. The molecule has 17 heavy (non-hydrogen) atoms. The highest BCUT2D eigenvalue weighted by atomic mass is 35.5. The first-order valence-electron chi connectivity index (χ1n) is 5.52. The average Bonchev–Trinajstić information content (AvgIpc) is 2.27. The molecule has 90 valence electrons. The third kappa shape index (κ3) is 4.46. The van der Waals surface area contributed by atoms with E-state index in [9.17, 15) is 4.79 Å². The summed E-state index contributed by atoms with van der Waals surface area (Å²) in [4.78, 5) is 11.6. The lowest BCUT2D eigenvalue weighted by Gasteiger charge is -2.08. The highest BCUT2D eigenvalue weighted by Crippen LogP contribution is 2.20. The molecular weight excluding hydrogens is 236 g/mol. The van der Waals surface area contributed by atoms with Crippen LogP contribution in [0.25, 0.3) is 0 Å². The van der Waals surface area contributed by atoms with Crippen LogP contribution in [0.5, 0.6) is 0 Å². The quantitative estimate of drug-likeness (QED) is 0.888. The number of anilines is 1. The Hall–Kier alpha value is -1.53. The molecule has 0 fully saturated rings. The summed E-state index contributed by atoms with van der Waals surface area (Å²) in [6.07, 6.45) is 1.28. The molecule has 0 atom stereocenters. The molecule has 1 aromatic carbocycles. The minimum atomic E-state index is -0.0857. The van der Waals surface area contributed by atoms with Crippen molar-refractivity contribution in [2.75, 3.05) is 5.32 Å². The minimum Gasteiger partial charge on any atom is -0.325 e. The minimum absolute atomic E-state index is 0.0857. The molecule has 0 heterocycles. The molecule has 0 bridgehead atoms. The van der Waals surface area contributed by atoms with Crippen LogP contribution < -0.4 is 5.32 Å². The van der Waals surface area contributed by atoms with Gasteiger partial charge in [-0.1, -0.05) is 25.4 Å². The molecule has 0 saturated heterocycles. The van der Waals surface area contributed by atoms with E-state index in [1.807, 2.05) is 6.07 Å². The van der Waals surface area contributed by atoms with Crippen molar-refractivity contribution in [3.05, 3.63) is 28.8 Å². The van der Waals surface area contributed by atoms with Gasteiger partial charge in [0.05, 0.1) is 11.3 Å². The molecular formula is C13H15ClN2O. The maximum Gasteiger partial charge on any atom is 0.224 e. The second-order valence-corrected chi connectivity index (χ2v) is 4.72. The van der Waals surface area contributed by atoms with Gasteiger partial charge in [0.25, 0.3) is 0 Å². The summed E-state index contributed by atoms with van der Waals surface area (Å²) < 4.78 is 0. The van der Waals surface area contributed by atoms with Crippen molar-refractivity contribution in [1.82, 2.24) is 0 Å². The van der Waals surface area contributed by atoms with Crippen molar-refractivity contribution in [3.63, 3.8) is 0 Å². The Morgan fingerprint density at radius 1 is 1.53 bits per heavy atom. The summed E-state index contributed by atoms with van der Waals surface area (Å²) in [6.45, 7) is 4.13. The number of hydrogen-bond acceptors (Lipinski definition) is 2. The van der Waals surface area contributed by atoms with E-state index in [2.05, 4.69) is 19.2 Å². The average molecular weight is 251 g/mol. The largest absolute Gasteiger partial charge is 0.325 e. The van der Waals surface area contributed by atoms with Gasteiger partial charge >= 0.3 is 0 Å². The fourth-order valence-corrected chi connectivity index (χ4v) is 1.52. The number of benzene rings is 1. The van der Waals surface area contributed by atoms with E-state index in [-0.39, 0.29) is 5.91 Å². The number of amides is 1. The van der Waals surface area contributed by atoms with Crippen molar-refractivity contribution in [3.8, 4) is 6.07 Å². The van der Waals surface area contributed by atoms with Crippen LogP contribution >= 0.6 is 11.6 Å². The first kappa shape index (κ1) is 13.5. The van der Waals surface area contributed by atoms with Gasteiger partial charge < -0.3 is 5.32 Å². The second kappa shape index (κ2) is 6.27. The van der Waals surface area contributed by atoms with Crippen LogP contribution in [0.2, 0.25) is 5.02 Å². The van der Waals surface area contributed by atoms with E-state index in [4.69, 9.17) is 16.9 Å². The molecule has 4 heteroatoms. The van der Waals surface area contributed by atoms with Crippen LogP contribution in [0.3, 0.4) is 0 Å². The fraction of sp³-hybridized carbons (Fsp3) is 0.385. The fourth-order valence-electron chi connectivity index (χ4n) is 1.35. The van der Waals surface area contributed by atoms with Gasteiger partial charge in [-0.15, -0.1) is 0 Å².